The summed E-state index contributed by atoms with van der Waals surface area (Å²) in [6, 6.07) is 0. The van der Waals surface area contributed by atoms with Crippen LogP contribution in [0.4, 0.5) is 4.79 Å². The highest BCUT2D eigenvalue weighted by Crippen LogP contribution is 2.21. The van der Waals surface area contributed by atoms with Crippen LogP contribution in [0.3, 0.4) is 0 Å². The zero-order valence-electron chi connectivity index (χ0n) is 12.1. The van der Waals surface area contributed by atoms with Gasteiger partial charge in [0.1, 0.15) is 11.4 Å². The number of carbonyl (C=O) groups is 2. The van der Waals surface area contributed by atoms with Gasteiger partial charge in [-0.2, -0.15) is 0 Å². The Morgan fingerprint density at radius 2 is 2.25 bits per heavy atom. The standard InChI is InChI=1S/C14H20N2O3S/c1-14(2,3)19-13(18)16-6-4-10(9-16)11(17)8-12-15-5-7-20-12/h5,7,10H,4,6,8-9H2,1-3H3. The average molecular weight is 296 g/mol. The van der Waals surface area contributed by atoms with Crippen LogP contribution in [0.25, 0.3) is 0 Å². The minimum Gasteiger partial charge on any atom is -0.444 e. The van der Waals surface area contributed by atoms with Gasteiger partial charge < -0.3 is 9.64 Å². The van der Waals surface area contributed by atoms with Crippen LogP contribution < -0.4 is 0 Å². The van der Waals surface area contributed by atoms with Crippen molar-refractivity contribution >= 4 is 23.2 Å². The Labute approximate surface area is 122 Å². The van der Waals surface area contributed by atoms with Crippen molar-refractivity contribution in [3.63, 3.8) is 0 Å². The maximum absolute atomic E-state index is 12.2. The van der Waals surface area contributed by atoms with E-state index in [1.54, 1.807) is 11.1 Å². The van der Waals surface area contributed by atoms with Crippen LogP contribution >= 0.6 is 11.3 Å². The summed E-state index contributed by atoms with van der Waals surface area (Å²) in [6.07, 6.45) is 2.45. The van der Waals surface area contributed by atoms with E-state index >= 15 is 0 Å². The number of aromatic nitrogens is 1. The molecule has 1 amide bonds. The van der Waals surface area contributed by atoms with Crippen molar-refractivity contribution in [1.29, 1.82) is 0 Å². The normalized spacial score (nSPS) is 19.1. The molecule has 0 aliphatic carbocycles. The zero-order valence-corrected chi connectivity index (χ0v) is 12.9. The summed E-state index contributed by atoms with van der Waals surface area (Å²) in [6.45, 7) is 6.56. The lowest BCUT2D eigenvalue weighted by Crippen LogP contribution is -2.36. The Kier molecular flexibility index (Phi) is 4.42. The third-order valence-corrected chi connectivity index (χ3v) is 3.88. The summed E-state index contributed by atoms with van der Waals surface area (Å²) >= 11 is 1.49. The lowest BCUT2D eigenvalue weighted by atomic mass is 10.0. The number of carbonyl (C=O) groups excluding carboxylic acids is 2. The largest absolute Gasteiger partial charge is 0.444 e. The van der Waals surface area contributed by atoms with Crippen molar-refractivity contribution in [3.8, 4) is 0 Å². The lowest BCUT2D eigenvalue weighted by Gasteiger charge is -2.24. The highest BCUT2D eigenvalue weighted by Gasteiger charge is 2.33. The molecule has 0 bridgehead atoms. The second kappa shape index (κ2) is 5.91. The number of likely N-dealkylation sites (tertiary alicyclic amines) is 1. The summed E-state index contributed by atoms with van der Waals surface area (Å²) in [7, 11) is 0. The quantitative estimate of drug-likeness (QED) is 0.860. The number of rotatable bonds is 3. The minimum atomic E-state index is -0.500. The van der Waals surface area contributed by atoms with Gasteiger partial charge in [-0.05, 0) is 27.2 Å². The number of ether oxygens (including phenoxy) is 1. The third-order valence-electron chi connectivity index (χ3n) is 3.10. The fourth-order valence-electron chi connectivity index (χ4n) is 2.15. The Balaban J connectivity index is 1.85. The minimum absolute atomic E-state index is 0.0913. The van der Waals surface area contributed by atoms with Gasteiger partial charge >= 0.3 is 6.09 Å². The van der Waals surface area contributed by atoms with E-state index in [0.29, 0.717) is 25.9 Å². The van der Waals surface area contributed by atoms with Crippen molar-refractivity contribution in [1.82, 2.24) is 9.88 Å². The van der Waals surface area contributed by atoms with E-state index in [0.717, 1.165) is 5.01 Å². The summed E-state index contributed by atoms with van der Waals surface area (Å²) in [5, 5.41) is 2.70. The molecule has 110 valence electrons. The second-order valence-corrected chi connectivity index (χ2v) is 6.96. The topological polar surface area (TPSA) is 59.5 Å². The van der Waals surface area contributed by atoms with E-state index in [1.165, 1.54) is 11.3 Å². The molecule has 2 heterocycles. The van der Waals surface area contributed by atoms with E-state index in [-0.39, 0.29) is 17.8 Å². The molecule has 0 spiro atoms. The van der Waals surface area contributed by atoms with Crippen molar-refractivity contribution < 1.29 is 14.3 Å². The molecule has 0 saturated carbocycles. The zero-order chi connectivity index (χ0) is 14.8. The first-order chi connectivity index (χ1) is 9.35. The number of hydrogen-bond acceptors (Lipinski definition) is 5. The highest BCUT2D eigenvalue weighted by atomic mass is 32.1. The molecule has 6 heteroatoms. The summed E-state index contributed by atoms with van der Waals surface area (Å²) in [5.74, 6) is 0.0671. The SMILES string of the molecule is CC(C)(C)OC(=O)N1CCC(C(=O)Cc2nccs2)C1. The maximum atomic E-state index is 12.2. The van der Waals surface area contributed by atoms with E-state index < -0.39 is 5.60 Å². The van der Waals surface area contributed by atoms with Crippen LogP contribution in [-0.4, -0.2) is 40.5 Å². The maximum Gasteiger partial charge on any atom is 0.410 e. The number of hydrogen-bond donors (Lipinski definition) is 0. The smallest absolute Gasteiger partial charge is 0.410 e. The van der Waals surface area contributed by atoms with E-state index in [4.69, 9.17) is 4.74 Å². The number of nitrogens with zero attached hydrogens (tertiary/aromatic N) is 2. The molecular weight excluding hydrogens is 276 g/mol. The van der Waals surface area contributed by atoms with Crippen LogP contribution in [0.15, 0.2) is 11.6 Å². The molecule has 1 aliphatic heterocycles. The molecule has 0 aromatic carbocycles. The number of thiazole rings is 1. The Morgan fingerprint density at radius 1 is 1.50 bits per heavy atom. The summed E-state index contributed by atoms with van der Waals surface area (Å²) in [4.78, 5) is 29.8. The first kappa shape index (κ1) is 15.0. The monoisotopic (exact) mass is 296 g/mol. The molecule has 1 aromatic heterocycles. The first-order valence-electron chi connectivity index (χ1n) is 6.74. The van der Waals surface area contributed by atoms with Crippen molar-refractivity contribution in [2.75, 3.05) is 13.1 Å². The molecule has 2 rings (SSSR count). The van der Waals surface area contributed by atoms with Gasteiger partial charge in [-0.25, -0.2) is 9.78 Å². The van der Waals surface area contributed by atoms with Crippen molar-refractivity contribution in [2.45, 2.75) is 39.2 Å². The Hall–Kier alpha value is -1.43. The van der Waals surface area contributed by atoms with Gasteiger partial charge in [0.2, 0.25) is 0 Å². The fourth-order valence-corrected chi connectivity index (χ4v) is 2.78. The van der Waals surface area contributed by atoms with Gasteiger partial charge in [0.25, 0.3) is 0 Å². The van der Waals surface area contributed by atoms with Crippen molar-refractivity contribution in [3.05, 3.63) is 16.6 Å². The Bertz CT molecular complexity index is 479. The van der Waals surface area contributed by atoms with Crippen LogP contribution in [0.1, 0.15) is 32.2 Å². The van der Waals surface area contributed by atoms with Gasteiger partial charge in [-0.15, -0.1) is 11.3 Å². The van der Waals surface area contributed by atoms with Crippen LogP contribution in [0, 0.1) is 5.92 Å². The predicted molar refractivity (Wildman–Crippen MR) is 76.7 cm³/mol. The molecule has 1 aromatic rings. The van der Waals surface area contributed by atoms with Crippen LogP contribution in [0.5, 0.6) is 0 Å². The third kappa shape index (κ3) is 4.03. The summed E-state index contributed by atoms with van der Waals surface area (Å²) < 4.78 is 5.32. The first-order valence-corrected chi connectivity index (χ1v) is 7.62. The molecule has 1 atom stereocenters. The van der Waals surface area contributed by atoms with Gasteiger partial charge in [-0.3, -0.25) is 4.79 Å². The van der Waals surface area contributed by atoms with Gasteiger partial charge in [-0.1, -0.05) is 0 Å². The highest BCUT2D eigenvalue weighted by molar-refractivity contribution is 7.09. The molecule has 0 radical (unpaired) electrons. The average Bonchev–Trinajstić information content (AvgIpc) is 2.96. The fraction of sp³-hybridized carbons (Fsp3) is 0.643. The molecule has 1 fully saturated rings. The van der Waals surface area contributed by atoms with Crippen LogP contribution in [-0.2, 0) is 16.0 Å². The number of ketones is 1. The van der Waals surface area contributed by atoms with Gasteiger partial charge in [0.15, 0.2) is 0 Å². The molecule has 1 aliphatic rings. The predicted octanol–water partition coefficient (Wildman–Crippen LogP) is 2.51. The van der Waals surface area contributed by atoms with E-state index in [9.17, 15) is 9.59 Å². The number of amides is 1. The molecular formula is C14H20N2O3S. The van der Waals surface area contributed by atoms with E-state index in [1.807, 2.05) is 26.2 Å². The summed E-state index contributed by atoms with van der Waals surface area (Å²) in [5.41, 5.74) is -0.500. The lowest BCUT2D eigenvalue weighted by molar-refractivity contribution is -0.121. The second-order valence-electron chi connectivity index (χ2n) is 5.98. The molecule has 20 heavy (non-hydrogen) atoms. The molecule has 5 nitrogen and oxygen atoms in total. The molecule has 0 N–H and O–H groups in total. The van der Waals surface area contributed by atoms with Crippen LogP contribution in [0.2, 0.25) is 0 Å². The molecule has 1 saturated heterocycles. The van der Waals surface area contributed by atoms with E-state index in [2.05, 4.69) is 4.98 Å². The number of Topliss-reactive ketones (excluding diaryl/α,β-unsaturated/α-hetero) is 1. The van der Waals surface area contributed by atoms with Gasteiger partial charge in [0.05, 0.1) is 11.4 Å². The molecule has 1 unspecified atom stereocenters. The Morgan fingerprint density at radius 3 is 2.85 bits per heavy atom. The van der Waals surface area contributed by atoms with Crippen molar-refractivity contribution in [2.24, 2.45) is 5.92 Å². The van der Waals surface area contributed by atoms with Gasteiger partial charge in [0, 0.05) is 30.6 Å².